The molecule has 7 heteroatoms. The molecule has 1 fully saturated rings. The fraction of sp³-hybridized carbons (Fsp3) is 0.364. The van der Waals surface area contributed by atoms with Gasteiger partial charge >= 0.3 is 0 Å². The summed E-state index contributed by atoms with van der Waals surface area (Å²) in [5.41, 5.74) is 6.91. The minimum Gasteiger partial charge on any atom is -0.271 e. The molecular weight excluding hydrogens is 386 g/mol. The van der Waals surface area contributed by atoms with Gasteiger partial charge in [-0.2, -0.15) is 5.10 Å². The first-order valence-electron chi connectivity index (χ1n) is 9.78. The van der Waals surface area contributed by atoms with Crippen molar-refractivity contribution in [2.45, 2.75) is 51.3 Å². The van der Waals surface area contributed by atoms with Gasteiger partial charge < -0.3 is 0 Å². The highest BCUT2D eigenvalue weighted by molar-refractivity contribution is 7.92. The number of nitrogens with zero attached hydrogens (tertiary/aromatic N) is 2. The highest BCUT2D eigenvalue weighted by Gasteiger charge is 2.27. The first-order valence-corrected chi connectivity index (χ1v) is 11.2. The number of carbonyl (C=O) groups is 1. The number of nitrogens with one attached hydrogen (secondary N) is 1. The quantitative estimate of drug-likeness (QED) is 0.731. The predicted octanol–water partition coefficient (Wildman–Crippen LogP) is 3.85. The van der Waals surface area contributed by atoms with Crippen molar-refractivity contribution in [1.82, 2.24) is 5.43 Å². The number of aryl methyl sites for hydroxylation is 3. The van der Waals surface area contributed by atoms with Crippen LogP contribution < -0.4 is 9.73 Å². The van der Waals surface area contributed by atoms with E-state index in [9.17, 15) is 13.2 Å². The third-order valence-corrected chi connectivity index (χ3v) is 6.98. The fourth-order valence-corrected chi connectivity index (χ4v) is 4.65. The monoisotopic (exact) mass is 413 g/mol. The maximum absolute atomic E-state index is 13.3. The average Bonchev–Trinajstić information content (AvgIpc) is 3.21. The molecule has 1 N–H and O–H groups in total. The summed E-state index contributed by atoms with van der Waals surface area (Å²) in [5.74, 6) is -0.460. The molecule has 0 radical (unpaired) electrons. The fourth-order valence-electron chi connectivity index (χ4n) is 3.24. The minimum atomic E-state index is -3.91. The molecule has 0 aromatic heterocycles. The van der Waals surface area contributed by atoms with Gasteiger partial charge in [0.1, 0.15) is 6.54 Å². The van der Waals surface area contributed by atoms with E-state index in [1.807, 2.05) is 26.8 Å². The summed E-state index contributed by atoms with van der Waals surface area (Å²) in [6, 6.07) is 12.0. The van der Waals surface area contributed by atoms with E-state index in [-0.39, 0.29) is 11.4 Å². The van der Waals surface area contributed by atoms with Crippen molar-refractivity contribution in [3.05, 3.63) is 59.2 Å². The lowest BCUT2D eigenvalue weighted by molar-refractivity contribution is -0.119. The molecule has 29 heavy (non-hydrogen) atoms. The summed E-state index contributed by atoms with van der Waals surface area (Å²) >= 11 is 0. The van der Waals surface area contributed by atoms with Gasteiger partial charge in [-0.25, -0.2) is 13.8 Å². The van der Waals surface area contributed by atoms with Crippen LogP contribution in [0.25, 0.3) is 0 Å². The third kappa shape index (κ3) is 5.03. The number of hydrogen-bond donors (Lipinski definition) is 1. The largest absolute Gasteiger partial charge is 0.271 e. The molecular formula is C22H27N3O3S. The van der Waals surface area contributed by atoms with Crippen molar-refractivity contribution < 1.29 is 13.2 Å². The van der Waals surface area contributed by atoms with Gasteiger partial charge in [-0.05, 0) is 81.8 Å². The second-order valence-electron chi connectivity index (χ2n) is 7.51. The Balaban J connectivity index is 1.92. The van der Waals surface area contributed by atoms with E-state index in [0.29, 0.717) is 5.69 Å². The van der Waals surface area contributed by atoms with Crippen LogP contribution in [0.15, 0.2) is 52.5 Å². The third-order valence-electron chi connectivity index (χ3n) is 5.19. The Kier molecular flexibility index (Phi) is 6.37. The maximum atomic E-state index is 13.3. The SMILES string of the molecule is Cc1ccc(S(=O)(=O)N(CC(=O)NN=C2CCCC2)c2ccc(C)c(C)c2)cc1. The molecule has 154 valence electrons. The smallest absolute Gasteiger partial charge is 0.264 e. The molecule has 1 amide bonds. The van der Waals surface area contributed by atoms with Gasteiger partial charge in [-0.3, -0.25) is 9.10 Å². The van der Waals surface area contributed by atoms with Crippen molar-refractivity contribution in [3.63, 3.8) is 0 Å². The molecule has 0 heterocycles. The number of anilines is 1. The van der Waals surface area contributed by atoms with E-state index in [1.54, 1.807) is 36.4 Å². The zero-order valence-electron chi connectivity index (χ0n) is 17.1. The first-order chi connectivity index (χ1) is 13.8. The zero-order chi connectivity index (χ0) is 21.0. The van der Waals surface area contributed by atoms with Crippen LogP contribution in [-0.2, 0) is 14.8 Å². The number of benzene rings is 2. The normalized spacial score (nSPS) is 14.0. The van der Waals surface area contributed by atoms with Gasteiger partial charge in [-0.1, -0.05) is 23.8 Å². The topological polar surface area (TPSA) is 78.8 Å². The molecule has 0 aliphatic heterocycles. The van der Waals surface area contributed by atoms with E-state index in [0.717, 1.165) is 52.4 Å². The van der Waals surface area contributed by atoms with Crippen LogP contribution >= 0.6 is 0 Å². The summed E-state index contributed by atoms with van der Waals surface area (Å²) in [7, 11) is -3.91. The maximum Gasteiger partial charge on any atom is 0.264 e. The molecule has 1 aliphatic carbocycles. The van der Waals surface area contributed by atoms with E-state index >= 15 is 0 Å². The van der Waals surface area contributed by atoms with Crippen LogP contribution in [0, 0.1) is 20.8 Å². The van der Waals surface area contributed by atoms with Crippen molar-refractivity contribution in [3.8, 4) is 0 Å². The van der Waals surface area contributed by atoms with Crippen LogP contribution in [0.5, 0.6) is 0 Å². The standard InChI is InChI=1S/C22H27N3O3S/c1-16-8-12-21(13-9-16)29(27,28)25(20-11-10-17(2)18(3)14-20)15-22(26)24-23-19-6-4-5-7-19/h8-14H,4-7,15H2,1-3H3,(H,24,26). The summed E-state index contributed by atoms with van der Waals surface area (Å²) < 4.78 is 27.8. The Morgan fingerprint density at radius 3 is 2.28 bits per heavy atom. The van der Waals surface area contributed by atoms with Crippen molar-refractivity contribution >= 4 is 27.3 Å². The molecule has 3 rings (SSSR count). The molecule has 6 nitrogen and oxygen atoms in total. The molecule has 0 spiro atoms. The summed E-state index contributed by atoms with van der Waals surface area (Å²) in [6.45, 7) is 5.44. The second-order valence-corrected chi connectivity index (χ2v) is 9.38. The van der Waals surface area contributed by atoms with Gasteiger partial charge in [-0.15, -0.1) is 0 Å². The molecule has 0 bridgehead atoms. The number of hydrazone groups is 1. The molecule has 1 aliphatic rings. The molecule has 0 saturated heterocycles. The average molecular weight is 414 g/mol. The Morgan fingerprint density at radius 2 is 1.66 bits per heavy atom. The highest BCUT2D eigenvalue weighted by Crippen LogP contribution is 2.26. The van der Waals surface area contributed by atoms with E-state index in [1.165, 1.54) is 0 Å². The Morgan fingerprint density at radius 1 is 1.00 bits per heavy atom. The summed E-state index contributed by atoms with van der Waals surface area (Å²) in [6.07, 6.45) is 3.90. The lowest BCUT2D eigenvalue weighted by Gasteiger charge is -2.24. The predicted molar refractivity (Wildman–Crippen MR) is 116 cm³/mol. The first kappa shape index (κ1) is 21.0. The number of rotatable bonds is 6. The molecule has 1 saturated carbocycles. The highest BCUT2D eigenvalue weighted by atomic mass is 32.2. The number of sulfonamides is 1. The van der Waals surface area contributed by atoms with Crippen molar-refractivity contribution in [1.29, 1.82) is 0 Å². The van der Waals surface area contributed by atoms with E-state index in [4.69, 9.17) is 0 Å². The lowest BCUT2D eigenvalue weighted by Crippen LogP contribution is -2.39. The lowest BCUT2D eigenvalue weighted by atomic mass is 10.1. The van der Waals surface area contributed by atoms with Gasteiger partial charge in [0.05, 0.1) is 10.6 Å². The Hall–Kier alpha value is -2.67. The van der Waals surface area contributed by atoms with E-state index < -0.39 is 15.9 Å². The second kappa shape index (κ2) is 8.78. The molecule has 2 aromatic rings. The Labute approximate surface area is 172 Å². The van der Waals surface area contributed by atoms with Gasteiger partial charge in [0.25, 0.3) is 15.9 Å². The van der Waals surface area contributed by atoms with Gasteiger partial charge in [0, 0.05) is 5.71 Å². The van der Waals surface area contributed by atoms with Crippen molar-refractivity contribution in [2.75, 3.05) is 10.8 Å². The van der Waals surface area contributed by atoms with Crippen LogP contribution in [0.3, 0.4) is 0 Å². The molecule has 0 atom stereocenters. The van der Waals surface area contributed by atoms with Crippen molar-refractivity contribution in [2.24, 2.45) is 5.10 Å². The van der Waals surface area contributed by atoms with Crippen LogP contribution in [0.1, 0.15) is 42.4 Å². The summed E-state index contributed by atoms with van der Waals surface area (Å²) in [4.78, 5) is 12.7. The van der Waals surface area contributed by atoms with Gasteiger partial charge in [0.15, 0.2) is 0 Å². The van der Waals surface area contributed by atoms with E-state index in [2.05, 4.69) is 10.5 Å². The summed E-state index contributed by atoms with van der Waals surface area (Å²) in [5, 5.41) is 4.16. The van der Waals surface area contributed by atoms with Crippen LogP contribution in [0.2, 0.25) is 0 Å². The Bertz CT molecular complexity index is 1020. The van der Waals surface area contributed by atoms with Crippen LogP contribution in [-0.4, -0.2) is 26.6 Å². The number of hydrogen-bond acceptors (Lipinski definition) is 4. The number of amides is 1. The van der Waals surface area contributed by atoms with Crippen LogP contribution in [0.4, 0.5) is 5.69 Å². The minimum absolute atomic E-state index is 0.149. The van der Waals surface area contributed by atoms with Gasteiger partial charge in [0.2, 0.25) is 0 Å². The zero-order valence-corrected chi connectivity index (χ0v) is 17.9. The molecule has 0 unspecified atom stereocenters. The molecule has 2 aromatic carbocycles. The number of carbonyl (C=O) groups excluding carboxylic acids is 1.